The summed E-state index contributed by atoms with van der Waals surface area (Å²) >= 11 is 6.10. The van der Waals surface area contributed by atoms with E-state index >= 15 is 0 Å². The lowest BCUT2D eigenvalue weighted by Crippen LogP contribution is -2.47. The minimum atomic E-state index is -0.181. The van der Waals surface area contributed by atoms with E-state index in [2.05, 4.69) is 35.8 Å². The second-order valence-corrected chi connectivity index (χ2v) is 10.6. The Morgan fingerprint density at radius 1 is 1.00 bits per heavy atom. The highest BCUT2D eigenvalue weighted by atomic mass is 35.5. The standard InChI is InChI=1S/C27H36ClFN2O/c1-27(2)20-31(14-12-26(27)22-6-8-23(28)9-7-22)16-15-30-13-3-17-32-25(19-30)18-21-4-10-24(29)11-5-21/h4-11,25-26H,3,12-20H2,1-2H3/t25-,26?/m0/s1. The van der Waals surface area contributed by atoms with Crippen LogP contribution in [0.25, 0.3) is 0 Å². The molecule has 0 aromatic heterocycles. The maximum atomic E-state index is 13.2. The number of hydrogen-bond donors (Lipinski definition) is 0. The van der Waals surface area contributed by atoms with E-state index in [1.54, 1.807) is 12.1 Å². The average Bonchev–Trinajstić information content (AvgIpc) is 2.99. The molecule has 2 aromatic carbocycles. The molecule has 0 spiro atoms. The minimum Gasteiger partial charge on any atom is -0.376 e. The van der Waals surface area contributed by atoms with E-state index in [0.717, 1.165) is 69.3 Å². The van der Waals surface area contributed by atoms with E-state index in [-0.39, 0.29) is 17.3 Å². The van der Waals surface area contributed by atoms with Crippen molar-refractivity contribution in [1.29, 1.82) is 0 Å². The number of benzene rings is 2. The molecule has 2 heterocycles. The number of likely N-dealkylation sites (tertiary alicyclic amines) is 1. The van der Waals surface area contributed by atoms with E-state index in [4.69, 9.17) is 16.3 Å². The zero-order valence-electron chi connectivity index (χ0n) is 19.4. The summed E-state index contributed by atoms with van der Waals surface area (Å²) < 4.78 is 19.3. The van der Waals surface area contributed by atoms with Crippen molar-refractivity contribution in [1.82, 2.24) is 9.80 Å². The van der Waals surface area contributed by atoms with Crippen molar-refractivity contribution in [2.24, 2.45) is 5.41 Å². The van der Waals surface area contributed by atoms with Crippen molar-refractivity contribution in [3.05, 3.63) is 70.5 Å². The number of hydrogen-bond acceptors (Lipinski definition) is 3. The average molecular weight is 459 g/mol. The molecule has 0 saturated carbocycles. The number of rotatable bonds is 6. The van der Waals surface area contributed by atoms with E-state index in [9.17, 15) is 4.39 Å². The van der Waals surface area contributed by atoms with Gasteiger partial charge in [0.2, 0.25) is 0 Å². The lowest BCUT2D eigenvalue weighted by Gasteiger charge is -2.45. The normalized spacial score (nSPS) is 24.9. The fourth-order valence-corrected chi connectivity index (χ4v) is 5.56. The van der Waals surface area contributed by atoms with Gasteiger partial charge >= 0.3 is 0 Å². The molecule has 32 heavy (non-hydrogen) atoms. The lowest BCUT2D eigenvalue weighted by atomic mass is 9.70. The fourth-order valence-electron chi connectivity index (χ4n) is 5.43. The Hall–Kier alpha value is -1.46. The van der Waals surface area contributed by atoms with Crippen molar-refractivity contribution in [3.63, 3.8) is 0 Å². The van der Waals surface area contributed by atoms with Crippen molar-refractivity contribution < 1.29 is 9.13 Å². The van der Waals surface area contributed by atoms with Gasteiger partial charge in [-0.25, -0.2) is 4.39 Å². The van der Waals surface area contributed by atoms with E-state index in [1.165, 1.54) is 12.0 Å². The Kier molecular flexibility index (Phi) is 7.88. The van der Waals surface area contributed by atoms with Crippen LogP contribution in [0.2, 0.25) is 5.02 Å². The maximum absolute atomic E-state index is 13.2. The highest BCUT2D eigenvalue weighted by molar-refractivity contribution is 6.30. The molecule has 5 heteroatoms. The third kappa shape index (κ3) is 6.32. The molecule has 1 unspecified atom stereocenters. The molecule has 0 aliphatic carbocycles. The molecular weight excluding hydrogens is 423 g/mol. The third-order valence-corrected chi connectivity index (χ3v) is 7.38. The summed E-state index contributed by atoms with van der Waals surface area (Å²) in [5, 5.41) is 0.808. The molecule has 2 fully saturated rings. The SMILES string of the molecule is CC1(C)CN(CCN2CCCO[C@@H](Cc3ccc(F)cc3)C2)CCC1c1ccc(Cl)cc1. The molecule has 2 aromatic rings. The van der Waals surface area contributed by atoms with Gasteiger partial charge < -0.3 is 9.64 Å². The van der Waals surface area contributed by atoms with Crippen LogP contribution < -0.4 is 0 Å². The lowest BCUT2D eigenvalue weighted by molar-refractivity contribution is 0.0487. The third-order valence-electron chi connectivity index (χ3n) is 7.12. The second kappa shape index (κ2) is 10.6. The molecule has 174 valence electrons. The second-order valence-electron chi connectivity index (χ2n) is 10.1. The van der Waals surface area contributed by atoms with Gasteiger partial charge in [-0.15, -0.1) is 0 Å². The summed E-state index contributed by atoms with van der Waals surface area (Å²) in [5.41, 5.74) is 2.79. The van der Waals surface area contributed by atoms with Crippen molar-refractivity contribution >= 4 is 11.6 Å². The zero-order valence-corrected chi connectivity index (χ0v) is 20.2. The molecular formula is C27H36ClFN2O. The Bertz CT molecular complexity index is 853. The van der Waals surface area contributed by atoms with E-state index in [0.29, 0.717) is 5.92 Å². The van der Waals surface area contributed by atoms with Crippen LogP contribution >= 0.6 is 11.6 Å². The molecule has 2 aliphatic rings. The summed E-state index contributed by atoms with van der Waals surface area (Å²) in [6, 6.07) is 15.3. The quantitative estimate of drug-likeness (QED) is 0.558. The maximum Gasteiger partial charge on any atom is 0.123 e. The predicted molar refractivity (Wildman–Crippen MR) is 130 cm³/mol. The van der Waals surface area contributed by atoms with Crippen LogP contribution in [0.1, 0.15) is 43.7 Å². The van der Waals surface area contributed by atoms with Crippen LogP contribution in [0.15, 0.2) is 48.5 Å². The van der Waals surface area contributed by atoms with Gasteiger partial charge in [-0.3, -0.25) is 4.90 Å². The number of nitrogens with zero attached hydrogens (tertiary/aromatic N) is 2. The summed E-state index contributed by atoms with van der Waals surface area (Å²) in [7, 11) is 0. The first kappa shape index (κ1) is 23.7. The summed E-state index contributed by atoms with van der Waals surface area (Å²) in [6.45, 7) is 12.1. The van der Waals surface area contributed by atoms with Gasteiger partial charge in [0.1, 0.15) is 5.82 Å². The molecule has 0 amide bonds. The van der Waals surface area contributed by atoms with Gasteiger partial charge in [-0.2, -0.15) is 0 Å². The zero-order chi connectivity index (χ0) is 22.6. The summed E-state index contributed by atoms with van der Waals surface area (Å²) in [4.78, 5) is 5.19. The Balaban J connectivity index is 1.29. The smallest absolute Gasteiger partial charge is 0.123 e. The number of halogens is 2. The van der Waals surface area contributed by atoms with Gasteiger partial charge in [0.05, 0.1) is 6.10 Å². The molecule has 4 rings (SSSR count). The molecule has 2 saturated heterocycles. The molecule has 2 atom stereocenters. The van der Waals surface area contributed by atoms with Gasteiger partial charge in [0.25, 0.3) is 0 Å². The van der Waals surface area contributed by atoms with Crippen LogP contribution in [0.4, 0.5) is 4.39 Å². The van der Waals surface area contributed by atoms with Crippen molar-refractivity contribution in [2.45, 2.75) is 45.1 Å². The van der Waals surface area contributed by atoms with Gasteiger partial charge in [0.15, 0.2) is 0 Å². The van der Waals surface area contributed by atoms with Crippen LogP contribution in [-0.2, 0) is 11.2 Å². The van der Waals surface area contributed by atoms with Crippen LogP contribution in [-0.4, -0.2) is 61.8 Å². The first-order valence-corrected chi connectivity index (χ1v) is 12.3. The molecule has 0 radical (unpaired) electrons. The number of ether oxygens (including phenoxy) is 1. The monoisotopic (exact) mass is 458 g/mol. The summed E-state index contributed by atoms with van der Waals surface area (Å²) in [6.07, 6.45) is 3.28. The van der Waals surface area contributed by atoms with Crippen LogP contribution in [0.5, 0.6) is 0 Å². The first-order chi connectivity index (χ1) is 15.4. The largest absolute Gasteiger partial charge is 0.376 e. The predicted octanol–water partition coefficient (Wildman–Crippen LogP) is 5.63. The molecule has 3 nitrogen and oxygen atoms in total. The minimum absolute atomic E-state index is 0.176. The Labute approximate surface area is 197 Å². The Morgan fingerprint density at radius 3 is 2.44 bits per heavy atom. The van der Waals surface area contributed by atoms with Gasteiger partial charge in [0, 0.05) is 44.4 Å². The Morgan fingerprint density at radius 2 is 1.72 bits per heavy atom. The highest BCUT2D eigenvalue weighted by Gasteiger charge is 2.36. The molecule has 0 N–H and O–H groups in total. The van der Waals surface area contributed by atoms with Crippen molar-refractivity contribution in [2.75, 3.05) is 45.9 Å². The molecule has 0 bridgehead atoms. The topological polar surface area (TPSA) is 15.7 Å². The molecule has 2 aliphatic heterocycles. The fraction of sp³-hybridized carbons (Fsp3) is 0.556. The van der Waals surface area contributed by atoms with Crippen LogP contribution in [0, 0.1) is 11.2 Å². The number of piperidine rings is 1. The van der Waals surface area contributed by atoms with E-state index in [1.807, 2.05) is 24.3 Å². The van der Waals surface area contributed by atoms with Gasteiger partial charge in [-0.05, 0) is 72.5 Å². The first-order valence-electron chi connectivity index (χ1n) is 12.0. The highest BCUT2D eigenvalue weighted by Crippen LogP contribution is 2.42. The van der Waals surface area contributed by atoms with Gasteiger partial charge in [-0.1, -0.05) is 49.7 Å². The van der Waals surface area contributed by atoms with Crippen molar-refractivity contribution in [3.8, 4) is 0 Å². The summed E-state index contributed by atoms with van der Waals surface area (Å²) in [5.74, 6) is 0.391. The van der Waals surface area contributed by atoms with E-state index < -0.39 is 0 Å². The van der Waals surface area contributed by atoms with Crippen LogP contribution in [0.3, 0.4) is 0 Å².